The first kappa shape index (κ1) is 11.0. The molecule has 0 aliphatic rings. The Bertz CT molecular complexity index is 100. The number of primary amides is 1. The van der Waals surface area contributed by atoms with Crippen LogP contribution in [0.15, 0.2) is 12.2 Å². The maximum absolute atomic E-state index is 9.89. The molecule has 0 rings (SSSR count). The molecule has 0 aromatic rings. The number of nitrogens with two attached hydrogens (primary N) is 1. The molecule has 0 spiro atoms. The monoisotopic (exact) mass is 133 g/mol. The summed E-state index contributed by atoms with van der Waals surface area (Å²) in [6.45, 7) is 2.80. The maximum Gasteiger partial charge on any atom is 0.246 e. The largest absolute Gasteiger partial charge is 0.400 e. The van der Waals surface area contributed by atoms with Gasteiger partial charge in [-0.1, -0.05) is 6.58 Å². The van der Waals surface area contributed by atoms with Crippen molar-refractivity contribution in [3.63, 3.8) is 0 Å². The highest BCUT2D eigenvalue weighted by Crippen LogP contribution is 1.80. The smallest absolute Gasteiger partial charge is 0.246 e. The molecule has 0 aromatic carbocycles. The Balaban J connectivity index is 0. The third kappa shape index (κ3) is 7.13. The van der Waals surface area contributed by atoms with Gasteiger partial charge in [0.15, 0.2) is 0 Å². The number of hydrogen-bond acceptors (Lipinski definition) is 3. The van der Waals surface area contributed by atoms with Crippen LogP contribution in [0.1, 0.15) is 0 Å². The zero-order valence-corrected chi connectivity index (χ0v) is 5.29. The number of carbonyl (C=O) groups excluding carboxylic acids is 1. The summed E-state index contributed by atoms with van der Waals surface area (Å²) in [6.07, 6.45) is 0. The van der Waals surface area contributed by atoms with Crippen LogP contribution in [0.4, 0.5) is 0 Å². The molecule has 0 fully saturated rings. The van der Waals surface area contributed by atoms with Gasteiger partial charge in [-0.25, -0.2) is 0 Å². The van der Waals surface area contributed by atoms with Crippen molar-refractivity contribution in [3.8, 4) is 0 Å². The first-order chi connectivity index (χ1) is 4.18. The highest BCUT2D eigenvalue weighted by atomic mass is 16.3. The molecule has 0 aromatic heterocycles. The fourth-order valence-corrected chi connectivity index (χ4v) is 0.0779. The molecule has 1 amide bonds. The lowest BCUT2D eigenvalue weighted by molar-refractivity contribution is -0.114. The summed E-state index contributed by atoms with van der Waals surface area (Å²) in [6, 6.07) is 0. The van der Waals surface area contributed by atoms with Gasteiger partial charge in [-0.05, 0) is 0 Å². The topological polar surface area (TPSA) is 83.5 Å². The Hall–Kier alpha value is -0.870. The van der Waals surface area contributed by atoms with E-state index in [0.29, 0.717) is 0 Å². The number of hydrogen-bond donors (Lipinski definition) is 3. The van der Waals surface area contributed by atoms with Gasteiger partial charge in [0, 0.05) is 12.7 Å². The van der Waals surface area contributed by atoms with Crippen molar-refractivity contribution in [1.29, 1.82) is 0 Å². The van der Waals surface area contributed by atoms with Crippen LogP contribution in [-0.2, 0) is 4.79 Å². The van der Waals surface area contributed by atoms with Gasteiger partial charge in [0.05, 0.1) is 6.61 Å². The third-order valence-electron chi connectivity index (χ3n) is 0.539. The van der Waals surface area contributed by atoms with Crippen LogP contribution >= 0.6 is 0 Å². The van der Waals surface area contributed by atoms with Gasteiger partial charge in [0.1, 0.15) is 0 Å². The number of aliphatic hydroxyl groups is 2. The van der Waals surface area contributed by atoms with Crippen molar-refractivity contribution < 1.29 is 15.0 Å². The molecule has 4 nitrogen and oxygen atoms in total. The molecular formula is C5H11NO3. The second kappa shape index (κ2) is 7.13. The van der Waals surface area contributed by atoms with Crippen molar-refractivity contribution in [1.82, 2.24) is 0 Å². The second-order valence-corrected chi connectivity index (χ2v) is 1.13. The van der Waals surface area contributed by atoms with Crippen LogP contribution in [0, 0.1) is 0 Å². The molecule has 0 aliphatic heterocycles. The normalized spacial score (nSPS) is 7.00. The Morgan fingerprint density at radius 1 is 1.67 bits per heavy atom. The average molecular weight is 133 g/mol. The molecule has 0 saturated heterocycles. The molecule has 0 unspecified atom stereocenters. The molecule has 0 radical (unpaired) electrons. The molecule has 4 heteroatoms. The Morgan fingerprint density at radius 2 is 2.00 bits per heavy atom. The lowest BCUT2D eigenvalue weighted by Gasteiger charge is -1.88. The van der Waals surface area contributed by atoms with Crippen molar-refractivity contribution in [2.75, 3.05) is 13.7 Å². The Kier molecular flexibility index (Phi) is 8.71. The number of aliphatic hydroxyl groups excluding tert-OH is 2. The molecule has 0 aliphatic carbocycles. The van der Waals surface area contributed by atoms with E-state index in [1.54, 1.807) is 0 Å². The zero-order valence-electron chi connectivity index (χ0n) is 5.29. The molecule has 0 heterocycles. The van der Waals surface area contributed by atoms with Gasteiger partial charge in [-0.15, -0.1) is 0 Å². The highest BCUT2D eigenvalue weighted by molar-refractivity contribution is 5.91. The van der Waals surface area contributed by atoms with Crippen molar-refractivity contribution >= 4 is 5.91 Å². The summed E-state index contributed by atoms with van der Waals surface area (Å²) in [4.78, 5) is 9.89. The van der Waals surface area contributed by atoms with Crippen LogP contribution in [0.3, 0.4) is 0 Å². The third-order valence-corrected chi connectivity index (χ3v) is 0.539. The van der Waals surface area contributed by atoms with Crippen LogP contribution in [-0.4, -0.2) is 29.8 Å². The summed E-state index contributed by atoms with van der Waals surface area (Å²) >= 11 is 0. The summed E-state index contributed by atoms with van der Waals surface area (Å²) in [5, 5.41) is 15.1. The Morgan fingerprint density at radius 3 is 2.00 bits per heavy atom. The van der Waals surface area contributed by atoms with Crippen molar-refractivity contribution in [2.45, 2.75) is 0 Å². The van der Waals surface area contributed by atoms with Gasteiger partial charge in [-0.3, -0.25) is 4.79 Å². The van der Waals surface area contributed by atoms with E-state index in [1.165, 1.54) is 0 Å². The highest BCUT2D eigenvalue weighted by Gasteiger charge is 1.94. The minimum atomic E-state index is -0.650. The van der Waals surface area contributed by atoms with E-state index >= 15 is 0 Å². The van der Waals surface area contributed by atoms with E-state index in [1.807, 2.05) is 0 Å². The minimum absolute atomic E-state index is 0.0417. The van der Waals surface area contributed by atoms with Gasteiger partial charge < -0.3 is 15.9 Å². The fraction of sp³-hybridized carbons (Fsp3) is 0.400. The quantitative estimate of drug-likeness (QED) is 0.406. The molecule has 54 valence electrons. The predicted molar refractivity (Wildman–Crippen MR) is 33.6 cm³/mol. The SMILES string of the molecule is C=C(CO)C(N)=O.CO. The average Bonchev–Trinajstić information content (AvgIpc) is 1.91. The van der Waals surface area contributed by atoms with E-state index < -0.39 is 5.91 Å². The Labute approximate surface area is 53.6 Å². The molecule has 9 heavy (non-hydrogen) atoms. The van der Waals surface area contributed by atoms with Crippen molar-refractivity contribution in [3.05, 3.63) is 12.2 Å². The van der Waals surface area contributed by atoms with Crippen molar-refractivity contribution in [2.24, 2.45) is 5.73 Å². The summed E-state index contributed by atoms with van der Waals surface area (Å²) < 4.78 is 0. The van der Waals surface area contributed by atoms with E-state index in [2.05, 4.69) is 12.3 Å². The van der Waals surface area contributed by atoms with E-state index in [4.69, 9.17) is 10.2 Å². The first-order valence-electron chi connectivity index (χ1n) is 2.21. The first-order valence-corrected chi connectivity index (χ1v) is 2.21. The molecule has 0 saturated carbocycles. The van der Waals surface area contributed by atoms with Crippen LogP contribution in [0.25, 0.3) is 0 Å². The minimum Gasteiger partial charge on any atom is -0.400 e. The molecule has 0 bridgehead atoms. The summed E-state index contributed by atoms with van der Waals surface area (Å²) in [5.41, 5.74) is 4.69. The van der Waals surface area contributed by atoms with Crippen LogP contribution in [0.2, 0.25) is 0 Å². The molecule has 0 atom stereocenters. The number of amides is 1. The van der Waals surface area contributed by atoms with Crippen LogP contribution in [0.5, 0.6) is 0 Å². The van der Waals surface area contributed by atoms with Crippen LogP contribution < -0.4 is 5.73 Å². The molecular weight excluding hydrogens is 122 g/mol. The maximum atomic E-state index is 9.89. The zero-order chi connectivity index (χ0) is 7.86. The number of rotatable bonds is 2. The van der Waals surface area contributed by atoms with Gasteiger partial charge >= 0.3 is 0 Å². The lowest BCUT2D eigenvalue weighted by atomic mass is 10.3. The van der Waals surface area contributed by atoms with E-state index in [-0.39, 0.29) is 12.2 Å². The predicted octanol–water partition coefficient (Wildman–Crippen LogP) is -1.37. The number of carbonyl (C=O) groups is 1. The lowest BCUT2D eigenvalue weighted by Crippen LogP contribution is -2.14. The summed E-state index contributed by atoms with van der Waals surface area (Å²) in [7, 11) is 1.00. The standard InChI is InChI=1S/C4H7NO2.CH4O/c1-3(2-6)4(5)7;1-2/h6H,1-2H2,(H2,5,7);2H,1H3. The fourth-order valence-electron chi connectivity index (χ4n) is 0.0779. The van der Waals surface area contributed by atoms with E-state index in [9.17, 15) is 4.79 Å². The molecule has 4 N–H and O–H groups in total. The van der Waals surface area contributed by atoms with Gasteiger partial charge in [-0.2, -0.15) is 0 Å². The van der Waals surface area contributed by atoms with Gasteiger partial charge in [0.25, 0.3) is 0 Å². The van der Waals surface area contributed by atoms with Gasteiger partial charge in [0.2, 0.25) is 5.91 Å². The van der Waals surface area contributed by atoms with E-state index in [0.717, 1.165) is 7.11 Å². The summed E-state index contributed by atoms with van der Waals surface area (Å²) in [5.74, 6) is -0.650. The second-order valence-electron chi connectivity index (χ2n) is 1.13.